The van der Waals surface area contributed by atoms with Crippen molar-refractivity contribution in [3.05, 3.63) is 54.0 Å². The van der Waals surface area contributed by atoms with Gasteiger partial charge in [0, 0.05) is 37.5 Å². The highest BCUT2D eigenvalue weighted by molar-refractivity contribution is 5.81. The van der Waals surface area contributed by atoms with Crippen molar-refractivity contribution >= 4 is 5.91 Å². The Hall–Kier alpha value is -2.51. The van der Waals surface area contributed by atoms with E-state index >= 15 is 0 Å². The number of rotatable bonds is 6. The molecule has 0 radical (unpaired) electrons. The number of carbonyl (C=O) groups excluding carboxylic acids is 1. The largest absolute Gasteiger partial charge is 0.439 e. The Morgan fingerprint density at radius 1 is 1.42 bits per heavy atom. The van der Waals surface area contributed by atoms with Gasteiger partial charge >= 0.3 is 0 Å². The van der Waals surface area contributed by atoms with Gasteiger partial charge in [0.25, 0.3) is 5.91 Å². The molecule has 1 saturated heterocycles. The number of ether oxygens (including phenoxy) is 2. The lowest BCUT2D eigenvalue weighted by molar-refractivity contribution is -0.138. The summed E-state index contributed by atoms with van der Waals surface area (Å²) in [6, 6.07) is 9.41. The van der Waals surface area contributed by atoms with Crippen LogP contribution in [0.5, 0.6) is 11.6 Å². The maximum atomic E-state index is 13.3. The Bertz CT molecular complexity index is 756. The Morgan fingerprint density at radius 2 is 2.31 bits per heavy atom. The van der Waals surface area contributed by atoms with E-state index in [1.807, 2.05) is 6.07 Å². The minimum absolute atomic E-state index is 0.163. The van der Waals surface area contributed by atoms with Gasteiger partial charge in [0.05, 0.1) is 6.61 Å². The van der Waals surface area contributed by atoms with E-state index in [1.54, 1.807) is 24.4 Å². The van der Waals surface area contributed by atoms with Gasteiger partial charge in [0.2, 0.25) is 5.88 Å². The fourth-order valence-electron chi connectivity index (χ4n) is 2.74. The van der Waals surface area contributed by atoms with Gasteiger partial charge in [0.15, 0.2) is 0 Å². The first kappa shape index (κ1) is 18.3. The predicted octanol–water partition coefficient (Wildman–Crippen LogP) is 2.35. The summed E-state index contributed by atoms with van der Waals surface area (Å²) < 4.78 is 24.5. The predicted molar refractivity (Wildman–Crippen MR) is 94.4 cm³/mol. The summed E-state index contributed by atoms with van der Waals surface area (Å²) in [5.41, 5.74) is 0.702. The third-order valence-electron chi connectivity index (χ3n) is 4.20. The number of carbonyl (C=O) groups is 1. The number of hydrogen-bond acceptors (Lipinski definition) is 5. The molecule has 1 aliphatic rings. The molecule has 0 saturated carbocycles. The number of nitrogens with zero attached hydrogens (tertiary/aromatic N) is 2. The molecule has 3 rings (SSSR count). The van der Waals surface area contributed by atoms with Crippen LogP contribution in [0, 0.1) is 5.82 Å². The molecule has 1 amide bonds. The van der Waals surface area contributed by atoms with Crippen molar-refractivity contribution in [3.8, 4) is 11.6 Å². The van der Waals surface area contributed by atoms with Gasteiger partial charge in [-0.05, 0) is 24.7 Å². The first-order valence-corrected chi connectivity index (χ1v) is 8.64. The van der Waals surface area contributed by atoms with Crippen LogP contribution >= 0.6 is 0 Å². The molecule has 0 spiro atoms. The fraction of sp³-hybridized carbons (Fsp3) is 0.368. The first-order chi connectivity index (χ1) is 12.7. The van der Waals surface area contributed by atoms with Crippen LogP contribution in [0.1, 0.15) is 12.5 Å². The molecule has 138 valence electrons. The van der Waals surface area contributed by atoms with E-state index in [0.717, 1.165) is 13.1 Å². The second kappa shape index (κ2) is 8.73. The molecular formula is C19H22FN3O3. The van der Waals surface area contributed by atoms with Gasteiger partial charge < -0.3 is 14.8 Å². The van der Waals surface area contributed by atoms with Crippen molar-refractivity contribution in [1.29, 1.82) is 0 Å². The van der Waals surface area contributed by atoms with Gasteiger partial charge in [-0.2, -0.15) is 0 Å². The van der Waals surface area contributed by atoms with E-state index in [1.165, 1.54) is 12.1 Å². The molecule has 0 aliphatic carbocycles. The third kappa shape index (κ3) is 4.77. The minimum Gasteiger partial charge on any atom is -0.439 e. The number of morpholine rings is 1. The number of nitrogens with one attached hydrogen (secondary N) is 1. The van der Waals surface area contributed by atoms with Crippen molar-refractivity contribution in [3.63, 3.8) is 0 Å². The first-order valence-electron chi connectivity index (χ1n) is 8.64. The molecule has 7 heteroatoms. The van der Waals surface area contributed by atoms with Gasteiger partial charge in [-0.25, -0.2) is 9.37 Å². The lowest BCUT2D eigenvalue weighted by Gasteiger charge is -2.31. The van der Waals surface area contributed by atoms with Gasteiger partial charge in [-0.3, -0.25) is 9.69 Å². The van der Waals surface area contributed by atoms with Crippen molar-refractivity contribution in [1.82, 2.24) is 15.2 Å². The summed E-state index contributed by atoms with van der Waals surface area (Å²) in [7, 11) is 0. The van der Waals surface area contributed by atoms with E-state index in [2.05, 4.69) is 22.1 Å². The Morgan fingerprint density at radius 3 is 3.12 bits per heavy atom. The SMILES string of the molecule is CCN1CCOC(C(=O)NCc2cccnc2Oc2cccc(F)c2)C1. The Labute approximate surface area is 151 Å². The van der Waals surface area contributed by atoms with Crippen LogP contribution in [0.2, 0.25) is 0 Å². The highest BCUT2D eigenvalue weighted by Gasteiger charge is 2.25. The number of hydrogen-bond donors (Lipinski definition) is 1. The zero-order valence-electron chi connectivity index (χ0n) is 14.7. The molecule has 1 fully saturated rings. The molecular weight excluding hydrogens is 337 g/mol. The number of likely N-dealkylation sites (N-methyl/N-ethyl adjacent to an activating group) is 1. The minimum atomic E-state index is -0.479. The van der Waals surface area contributed by atoms with Crippen LogP contribution in [0.15, 0.2) is 42.6 Å². The third-order valence-corrected chi connectivity index (χ3v) is 4.20. The van der Waals surface area contributed by atoms with E-state index in [4.69, 9.17) is 9.47 Å². The average molecular weight is 359 g/mol. The monoisotopic (exact) mass is 359 g/mol. The van der Waals surface area contributed by atoms with Gasteiger partial charge in [0.1, 0.15) is 17.7 Å². The molecule has 2 aromatic rings. The van der Waals surface area contributed by atoms with Crippen LogP contribution < -0.4 is 10.1 Å². The highest BCUT2D eigenvalue weighted by Crippen LogP contribution is 2.23. The number of benzene rings is 1. The molecule has 6 nitrogen and oxygen atoms in total. The van der Waals surface area contributed by atoms with Crippen molar-refractivity contribution in [2.24, 2.45) is 0 Å². The maximum Gasteiger partial charge on any atom is 0.250 e. The van der Waals surface area contributed by atoms with Crippen LogP contribution in [-0.2, 0) is 16.1 Å². The van der Waals surface area contributed by atoms with E-state index in [9.17, 15) is 9.18 Å². The van der Waals surface area contributed by atoms with Crippen LogP contribution in [0.4, 0.5) is 4.39 Å². The van der Waals surface area contributed by atoms with E-state index in [-0.39, 0.29) is 18.3 Å². The van der Waals surface area contributed by atoms with Crippen LogP contribution in [-0.4, -0.2) is 48.1 Å². The van der Waals surface area contributed by atoms with Crippen molar-refractivity contribution in [2.75, 3.05) is 26.2 Å². The number of aromatic nitrogens is 1. The normalized spacial score (nSPS) is 17.7. The molecule has 1 aliphatic heterocycles. The highest BCUT2D eigenvalue weighted by atomic mass is 19.1. The maximum absolute atomic E-state index is 13.3. The molecule has 1 N–H and O–H groups in total. The zero-order valence-corrected chi connectivity index (χ0v) is 14.7. The summed E-state index contributed by atoms with van der Waals surface area (Å²) >= 11 is 0. The van der Waals surface area contributed by atoms with Crippen molar-refractivity contribution in [2.45, 2.75) is 19.6 Å². The molecule has 26 heavy (non-hydrogen) atoms. The van der Waals surface area contributed by atoms with E-state index in [0.29, 0.717) is 30.3 Å². The van der Waals surface area contributed by atoms with E-state index < -0.39 is 6.10 Å². The summed E-state index contributed by atoms with van der Waals surface area (Å²) in [4.78, 5) is 18.7. The second-order valence-electron chi connectivity index (χ2n) is 6.00. The molecule has 1 aromatic heterocycles. The quantitative estimate of drug-likeness (QED) is 0.858. The van der Waals surface area contributed by atoms with Gasteiger partial charge in [-0.1, -0.05) is 19.1 Å². The summed E-state index contributed by atoms with van der Waals surface area (Å²) in [5, 5.41) is 2.87. The molecule has 1 aromatic carbocycles. The van der Waals surface area contributed by atoms with Crippen LogP contribution in [0.25, 0.3) is 0 Å². The lowest BCUT2D eigenvalue weighted by Crippen LogP contribution is -2.49. The lowest BCUT2D eigenvalue weighted by atomic mass is 10.2. The molecule has 1 atom stereocenters. The Kier molecular flexibility index (Phi) is 6.14. The number of amides is 1. The summed E-state index contributed by atoms with van der Waals surface area (Å²) in [6.07, 6.45) is 1.11. The van der Waals surface area contributed by atoms with Gasteiger partial charge in [-0.15, -0.1) is 0 Å². The number of pyridine rings is 1. The summed E-state index contributed by atoms with van der Waals surface area (Å²) in [6.45, 7) is 5.18. The topological polar surface area (TPSA) is 63.7 Å². The molecule has 0 bridgehead atoms. The average Bonchev–Trinajstić information content (AvgIpc) is 2.67. The molecule has 1 unspecified atom stereocenters. The smallest absolute Gasteiger partial charge is 0.250 e. The molecule has 2 heterocycles. The Balaban J connectivity index is 1.62. The number of halogens is 1. The van der Waals surface area contributed by atoms with Crippen LogP contribution in [0.3, 0.4) is 0 Å². The zero-order chi connectivity index (χ0) is 18.4. The second-order valence-corrected chi connectivity index (χ2v) is 6.00. The standard InChI is InChI=1S/C19H22FN3O3/c1-2-23-9-10-25-17(13-23)18(24)22-12-14-5-4-8-21-19(14)26-16-7-3-6-15(20)11-16/h3-8,11,17H,2,9-10,12-13H2,1H3,(H,22,24). The fourth-order valence-corrected chi connectivity index (χ4v) is 2.74. The summed E-state index contributed by atoms with van der Waals surface area (Å²) in [5.74, 6) is 0.135. The van der Waals surface area contributed by atoms with Crippen molar-refractivity contribution < 1.29 is 18.7 Å².